The van der Waals surface area contributed by atoms with Crippen molar-refractivity contribution < 1.29 is 8.81 Å². The van der Waals surface area contributed by atoms with E-state index in [9.17, 15) is 4.39 Å². The number of aliphatic imine (C=N–C) groups is 1. The maximum atomic E-state index is 13.7. The molecule has 2 fully saturated rings. The highest BCUT2D eigenvalue weighted by Gasteiger charge is 2.53. The van der Waals surface area contributed by atoms with Crippen LogP contribution in [-0.2, 0) is 5.54 Å². The minimum Gasteiger partial charge on any atom is -0.441 e. The maximum absolute atomic E-state index is 13.7. The van der Waals surface area contributed by atoms with Gasteiger partial charge in [0.25, 0.3) is 0 Å². The fourth-order valence-electron chi connectivity index (χ4n) is 5.99. The third-order valence-corrected chi connectivity index (χ3v) is 8.29. The Kier molecular flexibility index (Phi) is 4.56. The van der Waals surface area contributed by atoms with E-state index >= 15 is 0 Å². The SMILES string of the molecule is Cc1cn(-c2ccc(/C=C3\CC4(CC4)CN4C3=NCCC4(C)c3ccc(F)cc3)c3ncoc23)cn1. The second kappa shape index (κ2) is 7.63. The molecule has 0 N–H and O–H groups in total. The average molecular weight is 482 g/mol. The lowest BCUT2D eigenvalue weighted by Gasteiger charge is -2.51. The van der Waals surface area contributed by atoms with Gasteiger partial charge in [-0.3, -0.25) is 4.99 Å². The van der Waals surface area contributed by atoms with Gasteiger partial charge >= 0.3 is 0 Å². The van der Waals surface area contributed by atoms with Gasteiger partial charge in [0.1, 0.15) is 17.2 Å². The average Bonchev–Trinajstić information content (AvgIpc) is 3.23. The maximum Gasteiger partial charge on any atom is 0.182 e. The van der Waals surface area contributed by atoms with Crippen LogP contribution in [0.5, 0.6) is 0 Å². The van der Waals surface area contributed by atoms with Crippen molar-refractivity contribution in [2.24, 2.45) is 10.4 Å². The van der Waals surface area contributed by atoms with E-state index in [2.05, 4.69) is 40.0 Å². The molecule has 0 amide bonds. The molecule has 3 aliphatic rings. The van der Waals surface area contributed by atoms with Crippen molar-refractivity contribution in [2.45, 2.75) is 45.1 Å². The second-order valence-electron chi connectivity index (χ2n) is 10.8. The highest BCUT2D eigenvalue weighted by Crippen LogP contribution is 2.57. The first-order chi connectivity index (χ1) is 17.4. The largest absolute Gasteiger partial charge is 0.441 e. The first kappa shape index (κ1) is 21.5. The van der Waals surface area contributed by atoms with Crippen LogP contribution in [0.4, 0.5) is 4.39 Å². The van der Waals surface area contributed by atoms with Crippen molar-refractivity contribution in [2.75, 3.05) is 13.1 Å². The van der Waals surface area contributed by atoms with Crippen molar-refractivity contribution in [3.8, 4) is 5.69 Å². The Hall–Kier alpha value is -3.74. The molecule has 7 rings (SSSR count). The summed E-state index contributed by atoms with van der Waals surface area (Å²) in [7, 11) is 0. The number of hydrogen-bond acceptors (Lipinski definition) is 5. The molecule has 1 atom stereocenters. The quantitative estimate of drug-likeness (QED) is 0.358. The number of piperidine rings is 1. The van der Waals surface area contributed by atoms with E-state index in [1.807, 2.05) is 29.8 Å². The Bertz CT molecular complexity index is 1540. The van der Waals surface area contributed by atoms with Gasteiger partial charge in [-0.05, 0) is 80.4 Å². The summed E-state index contributed by atoms with van der Waals surface area (Å²) in [4.78, 5) is 16.5. The van der Waals surface area contributed by atoms with E-state index in [4.69, 9.17) is 9.41 Å². The van der Waals surface area contributed by atoms with Crippen molar-refractivity contribution in [1.82, 2.24) is 19.4 Å². The molecule has 182 valence electrons. The van der Waals surface area contributed by atoms with Crippen molar-refractivity contribution in [3.05, 3.63) is 83.5 Å². The molecule has 0 radical (unpaired) electrons. The van der Waals surface area contributed by atoms with Crippen molar-refractivity contribution >= 4 is 23.0 Å². The number of nitrogens with zero attached hydrogens (tertiary/aromatic N) is 5. The molecule has 1 saturated heterocycles. The molecule has 4 aromatic rings. The van der Waals surface area contributed by atoms with Gasteiger partial charge in [-0.25, -0.2) is 14.4 Å². The molecule has 1 spiro atoms. The molecule has 4 heterocycles. The molecule has 2 aromatic carbocycles. The van der Waals surface area contributed by atoms with Gasteiger partial charge in [0.15, 0.2) is 12.0 Å². The number of aromatic nitrogens is 3. The molecule has 36 heavy (non-hydrogen) atoms. The molecule has 1 saturated carbocycles. The third-order valence-electron chi connectivity index (χ3n) is 8.29. The smallest absolute Gasteiger partial charge is 0.182 e. The summed E-state index contributed by atoms with van der Waals surface area (Å²) in [6, 6.07) is 11.2. The van der Waals surface area contributed by atoms with E-state index in [0.717, 1.165) is 65.4 Å². The molecular formula is C29H28FN5O. The van der Waals surface area contributed by atoms with Gasteiger partial charge in [-0.2, -0.15) is 0 Å². The Morgan fingerprint density at radius 1 is 1.06 bits per heavy atom. The number of rotatable bonds is 3. The molecule has 1 unspecified atom stereocenters. The van der Waals surface area contributed by atoms with Gasteiger partial charge in [-0.1, -0.05) is 18.2 Å². The predicted octanol–water partition coefficient (Wildman–Crippen LogP) is 6.05. The fraction of sp³-hybridized carbons (Fsp3) is 0.345. The highest BCUT2D eigenvalue weighted by atomic mass is 19.1. The summed E-state index contributed by atoms with van der Waals surface area (Å²) in [5.74, 6) is 0.868. The van der Waals surface area contributed by atoms with Crippen LogP contribution in [0.2, 0.25) is 0 Å². The minimum absolute atomic E-state index is 0.198. The molecule has 6 nitrogen and oxygen atoms in total. The first-order valence-electron chi connectivity index (χ1n) is 12.6. The zero-order valence-corrected chi connectivity index (χ0v) is 20.5. The van der Waals surface area contributed by atoms with E-state index in [0.29, 0.717) is 5.41 Å². The Morgan fingerprint density at radius 2 is 1.89 bits per heavy atom. The van der Waals surface area contributed by atoms with Crippen molar-refractivity contribution in [1.29, 1.82) is 0 Å². The van der Waals surface area contributed by atoms with Crippen LogP contribution in [0.3, 0.4) is 0 Å². The normalized spacial score (nSPS) is 23.8. The summed E-state index contributed by atoms with van der Waals surface area (Å²) < 4.78 is 21.5. The number of fused-ring (bicyclic) bond motifs is 2. The lowest BCUT2D eigenvalue weighted by Crippen LogP contribution is -2.55. The van der Waals surface area contributed by atoms with Crippen LogP contribution in [0.1, 0.15) is 49.4 Å². The summed E-state index contributed by atoms with van der Waals surface area (Å²) in [5.41, 5.74) is 6.97. The molecule has 0 bridgehead atoms. The summed E-state index contributed by atoms with van der Waals surface area (Å²) >= 11 is 0. The number of oxazole rings is 1. The minimum atomic E-state index is -0.216. The van der Waals surface area contributed by atoms with Crippen LogP contribution < -0.4 is 0 Å². The number of hydrogen-bond donors (Lipinski definition) is 0. The van der Waals surface area contributed by atoms with Crippen molar-refractivity contribution in [3.63, 3.8) is 0 Å². The van der Waals surface area contributed by atoms with Crippen LogP contribution in [-0.4, -0.2) is 38.4 Å². The lowest BCUT2D eigenvalue weighted by molar-refractivity contribution is 0.129. The molecule has 1 aliphatic carbocycles. The Balaban J connectivity index is 1.32. The van der Waals surface area contributed by atoms with E-state index in [-0.39, 0.29) is 11.4 Å². The van der Waals surface area contributed by atoms with Gasteiger partial charge in [0.05, 0.1) is 23.2 Å². The summed E-state index contributed by atoms with van der Waals surface area (Å²) in [6.45, 7) is 6.00. The van der Waals surface area contributed by atoms with Gasteiger partial charge < -0.3 is 13.9 Å². The number of amidine groups is 1. The van der Waals surface area contributed by atoms with E-state index in [1.165, 1.54) is 24.8 Å². The Labute approximate surface area is 209 Å². The lowest BCUT2D eigenvalue weighted by atomic mass is 9.79. The predicted molar refractivity (Wildman–Crippen MR) is 138 cm³/mol. The van der Waals surface area contributed by atoms with Gasteiger partial charge in [0.2, 0.25) is 0 Å². The second-order valence-corrected chi connectivity index (χ2v) is 10.8. The van der Waals surface area contributed by atoms with Crippen LogP contribution in [0, 0.1) is 18.2 Å². The van der Waals surface area contributed by atoms with Gasteiger partial charge in [0, 0.05) is 24.8 Å². The monoisotopic (exact) mass is 481 g/mol. The standard InChI is InChI=1S/C29H28FN5O/c1-19-15-34(17-32-19)24-8-3-20(25-26(24)36-18-33-25)13-21-14-29(9-10-29)16-35-27(21)31-12-11-28(35,2)22-4-6-23(30)7-5-22/h3-8,13,15,17-18H,9-12,14,16H2,1-2H3/b21-13+. The number of imidazole rings is 1. The molecule has 7 heteroatoms. The zero-order chi connectivity index (χ0) is 24.5. The summed E-state index contributed by atoms with van der Waals surface area (Å²) in [6.07, 6.45) is 11.9. The number of aryl methyl sites for hydroxylation is 1. The first-order valence-corrected chi connectivity index (χ1v) is 12.6. The van der Waals surface area contributed by atoms with Crippen LogP contribution in [0.15, 0.2) is 70.3 Å². The number of halogens is 1. The summed E-state index contributed by atoms with van der Waals surface area (Å²) in [5, 5.41) is 0. The highest BCUT2D eigenvalue weighted by molar-refractivity contribution is 6.05. The number of benzene rings is 2. The van der Waals surface area contributed by atoms with E-state index in [1.54, 1.807) is 18.5 Å². The topological polar surface area (TPSA) is 59.5 Å². The molecular weight excluding hydrogens is 453 g/mol. The molecule has 2 aliphatic heterocycles. The third kappa shape index (κ3) is 3.33. The zero-order valence-electron chi connectivity index (χ0n) is 20.5. The van der Waals surface area contributed by atoms with Gasteiger partial charge in [-0.15, -0.1) is 0 Å². The van der Waals surface area contributed by atoms with Crippen LogP contribution >= 0.6 is 0 Å². The van der Waals surface area contributed by atoms with Crippen LogP contribution in [0.25, 0.3) is 22.9 Å². The Morgan fingerprint density at radius 3 is 2.64 bits per heavy atom. The van der Waals surface area contributed by atoms with E-state index < -0.39 is 0 Å². The molecule has 2 aromatic heterocycles. The fourth-order valence-corrected chi connectivity index (χ4v) is 5.99.